The van der Waals surface area contributed by atoms with Gasteiger partial charge in [0.15, 0.2) is 17.1 Å². The molecule has 0 radical (unpaired) electrons. The van der Waals surface area contributed by atoms with Crippen LogP contribution in [-0.4, -0.2) is 48.0 Å². The predicted molar refractivity (Wildman–Crippen MR) is 142 cm³/mol. The van der Waals surface area contributed by atoms with Gasteiger partial charge in [0.1, 0.15) is 0 Å². The fourth-order valence-electron chi connectivity index (χ4n) is 4.86. The van der Waals surface area contributed by atoms with Gasteiger partial charge in [0, 0.05) is 23.5 Å². The fourth-order valence-corrected chi connectivity index (χ4v) is 6.55. The Bertz CT molecular complexity index is 1520. The van der Waals surface area contributed by atoms with Gasteiger partial charge in [0.25, 0.3) is 11.8 Å². The maximum Gasteiger partial charge on any atom is 0.322 e. The van der Waals surface area contributed by atoms with E-state index in [0.29, 0.717) is 30.2 Å². The van der Waals surface area contributed by atoms with E-state index in [1.807, 2.05) is 32.0 Å². The zero-order chi connectivity index (χ0) is 26.7. The lowest BCUT2D eigenvalue weighted by atomic mass is 9.95. The summed E-state index contributed by atoms with van der Waals surface area (Å²) < 4.78 is 45.2. The van der Waals surface area contributed by atoms with Crippen molar-refractivity contribution in [1.29, 1.82) is 0 Å². The van der Waals surface area contributed by atoms with E-state index in [9.17, 15) is 13.2 Å². The summed E-state index contributed by atoms with van der Waals surface area (Å²) in [6, 6.07) is 13.1. The first-order valence-corrected chi connectivity index (χ1v) is 14.3. The summed E-state index contributed by atoms with van der Waals surface area (Å²) in [4.78, 5) is 12.9. The average Bonchev–Trinajstić information content (AvgIpc) is 3.57. The average molecular weight is 539 g/mol. The minimum Gasteiger partial charge on any atom is -0.490 e. The van der Waals surface area contributed by atoms with Crippen molar-refractivity contribution in [2.75, 3.05) is 18.5 Å². The number of hydrogen-bond donors (Lipinski definition) is 1. The Hall–Kier alpha value is -3.70. The molecule has 2 aromatic heterocycles. The number of benzene rings is 2. The van der Waals surface area contributed by atoms with Crippen molar-refractivity contribution >= 4 is 32.9 Å². The molecule has 1 amide bonds. The van der Waals surface area contributed by atoms with Gasteiger partial charge >= 0.3 is 6.01 Å². The summed E-state index contributed by atoms with van der Waals surface area (Å²) in [5.41, 5.74) is 0.822. The molecule has 2 heterocycles. The number of furan rings is 1. The first-order chi connectivity index (χ1) is 18.4. The van der Waals surface area contributed by atoms with Crippen molar-refractivity contribution in [2.45, 2.75) is 56.9 Å². The fraction of sp³-hybridized carbons (Fsp3) is 0.370. The number of carbonyl (C=O) groups is 1. The van der Waals surface area contributed by atoms with Crippen LogP contribution < -0.4 is 10.1 Å². The third kappa shape index (κ3) is 5.16. The molecular formula is C27H30N4O6S. The normalized spacial score (nSPS) is 14.7. The lowest BCUT2D eigenvalue weighted by Gasteiger charge is -2.32. The molecule has 5 rings (SSSR count). The van der Waals surface area contributed by atoms with Gasteiger partial charge in [-0.3, -0.25) is 10.1 Å². The number of nitrogens with one attached hydrogen (secondary N) is 1. The SMILES string of the molecule is CCOc1cccc2cc(-c3nnc(NC(=O)c4ccc(S(=O)(=O)N(CC)C5CCCCC5)cc4)o3)oc12. The number of aromatic nitrogens is 2. The Morgan fingerprint density at radius 3 is 2.53 bits per heavy atom. The number of sulfonamides is 1. The molecule has 1 saturated carbocycles. The van der Waals surface area contributed by atoms with Crippen molar-refractivity contribution in [2.24, 2.45) is 0 Å². The summed E-state index contributed by atoms with van der Waals surface area (Å²) in [7, 11) is -3.66. The predicted octanol–water partition coefficient (Wildman–Crippen LogP) is 5.48. The zero-order valence-corrected chi connectivity index (χ0v) is 22.2. The van der Waals surface area contributed by atoms with Gasteiger partial charge in [0.05, 0.1) is 11.5 Å². The van der Waals surface area contributed by atoms with Crippen molar-refractivity contribution in [3.8, 4) is 17.4 Å². The topological polar surface area (TPSA) is 128 Å². The quantitative estimate of drug-likeness (QED) is 0.297. The minimum atomic E-state index is -3.66. The van der Waals surface area contributed by atoms with Crippen molar-refractivity contribution in [3.63, 3.8) is 0 Å². The van der Waals surface area contributed by atoms with Gasteiger partial charge in [-0.1, -0.05) is 43.4 Å². The highest BCUT2D eigenvalue weighted by molar-refractivity contribution is 7.89. The number of anilines is 1. The highest BCUT2D eigenvalue weighted by Crippen LogP contribution is 2.33. The van der Waals surface area contributed by atoms with E-state index in [1.54, 1.807) is 10.4 Å². The second-order valence-corrected chi connectivity index (χ2v) is 11.0. The number of carbonyl (C=O) groups excluding carboxylic acids is 1. The van der Waals surface area contributed by atoms with E-state index in [1.165, 1.54) is 24.3 Å². The zero-order valence-electron chi connectivity index (χ0n) is 21.3. The molecule has 1 aliphatic rings. The van der Waals surface area contributed by atoms with Crippen LogP contribution in [0.2, 0.25) is 0 Å². The number of rotatable bonds is 9. The monoisotopic (exact) mass is 538 g/mol. The van der Waals surface area contributed by atoms with Gasteiger partial charge in [0.2, 0.25) is 10.0 Å². The van der Waals surface area contributed by atoms with Crippen LogP contribution in [0.1, 0.15) is 56.3 Å². The first-order valence-electron chi connectivity index (χ1n) is 12.8. The number of para-hydroxylation sites is 1. The summed E-state index contributed by atoms with van der Waals surface area (Å²) in [6.45, 7) is 4.65. The molecule has 0 bridgehead atoms. The standard InChI is InChI=1S/C27H30N4O6S/c1-3-31(20-10-6-5-7-11-20)38(33,34)21-15-13-18(14-16-21)25(32)28-27-30-29-26(37-27)23-17-19-9-8-12-22(35-4-2)24(19)36-23/h8-9,12-17,20H,3-7,10-11H2,1-2H3,(H,28,30,32). The number of fused-ring (bicyclic) bond motifs is 1. The van der Waals surface area contributed by atoms with Crippen LogP contribution in [-0.2, 0) is 10.0 Å². The molecule has 0 unspecified atom stereocenters. The molecule has 4 aromatic rings. The largest absolute Gasteiger partial charge is 0.490 e. The van der Waals surface area contributed by atoms with Crippen molar-refractivity contribution < 1.29 is 26.8 Å². The summed E-state index contributed by atoms with van der Waals surface area (Å²) in [6.07, 6.45) is 4.98. The molecule has 2 aromatic carbocycles. The Morgan fingerprint density at radius 2 is 1.82 bits per heavy atom. The molecule has 0 spiro atoms. The molecule has 38 heavy (non-hydrogen) atoms. The van der Waals surface area contributed by atoms with E-state index in [4.69, 9.17) is 13.6 Å². The van der Waals surface area contributed by atoms with Crippen molar-refractivity contribution in [1.82, 2.24) is 14.5 Å². The second kappa shape index (κ2) is 11.0. The Morgan fingerprint density at radius 1 is 1.05 bits per heavy atom. The van der Waals surface area contributed by atoms with Crippen LogP contribution in [0, 0.1) is 0 Å². The third-order valence-corrected chi connectivity index (χ3v) is 8.72. The maximum atomic E-state index is 13.3. The molecule has 0 aliphatic heterocycles. The van der Waals surface area contributed by atoms with Crippen LogP contribution in [0.4, 0.5) is 6.01 Å². The molecule has 11 heteroatoms. The van der Waals surface area contributed by atoms with Crippen LogP contribution in [0.25, 0.3) is 22.6 Å². The molecule has 1 N–H and O–H groups in total. The van der Waals surface area contributed by atoms with Crippen LogP contribution in [0.3, 0.4) is 0 Å². The number of ether oxygens (including phenoxy) is 1. The first kappa shape index (κ1) is 25.9. The molecule has 0 atom stereocenters. The van der Waals surface area contributed by atoms with E-state index in [0.717, 1.165) is 37.5 Å². The smallest absolute Gasteiger partial charge is 0.322 e. The lowest BCUT2D eigenvalue weighted by Crippen LogP contribution is -2.41. The highest BCUT2D eigenvalue weighted by Gasteiger charge is 2.31. The van der Waals surface area contributed by atoms with Gasteiger partial charge in [-0.05, 0) is 56.2 Å². The van der Waals surface area contributed by atoms with E-state index < -0.39 is 15.9 Å². The summed E-state index contributed by atoms with van der Waals surface area (Å²) >= 11 is 0. The summed E-state index contributed by atoms with van der Waals surface area (Å²) in [5.74, 6) is 0.540. The summed E-state index contributed by atoms with van der Waals surface area (Å²) in [5, 5.41) is 11.2. The number of amides is 1. The molecule has 10 nitrogen and oxygen atoms in total. The molecule has 1 fully saturated rings. The Kier molecular flexibility index (Phi) is 7.48. The van der Waals surface area contributed by atoms with Gasteiger partial charge in [-0.2, -0.15) is 4.31 Å². The van der Waals surface area contributed by atoms with E-state index in [2.05, 4.69) is 15.5 Å². The van der Waals surface area contributed by atoms with Crippen LogP contribution in [0.5, 0.6) is 5.75 Å². The Labute approximate surface area is 221 Å². The molecule has 1 aliphatic carbocycles. The van der Waals surface area contributed by atoms with Gasteiger partial charge in [-0.25, -0.2) is 8.42 Å². The van der Waals surface area contributed by atoms with Gasteiger partial charge in [-0.15, -0.1) is 5.10 Å². The Balaban J connectivity index is 1.29. The third-order valence-electron chi connectivity index (χ3n) is 6.68. The van der Waals surface area contributed by atoms with Gasteiger partial charge < -0.3 is 13.6 Å². The molecule has 200 valence electrons. The maximum absolute atomic E-state index is 13.3. The minimum absolute atomic E-state index is 0.0194. The van der Waals surface area contributed by atoms with E-state index >= 15 is 0 Å². The second-order valence-electron chi connectivity index (χ2n) is 9.11. The lowest BCUT2D eigenvalue weighted by molar-refractivity contribution is 0.102. The molecular weight excluding hydrogens is 508 g/mol. The number of nitrogens with zero attached hydrogens (tertiary/aromatic N) is 3. The van der Waals surface area contributed by atoms with Crippen LogP contribution >= 0.6 is 0 Å². The number of hydrogen-bond acceptors (Lipinski definition) is 8. The highest BCUT2D eigenvalue weighted by atomic mass is 32.2. The van der Waals surface area contributed by atoms with Crippen LogP contribution in [0.15, 0.2) is 62.3 Å². The van der Waals surface area contributed by atoms with E-state index in [-0.39, 0.29) is 28.4 Å². The molecule has 0 saturated heterocycles. The van der Waals surface area contributed by atoms with Crippen molar-refractivity contribution in [3.05, 3.63) is 54.1 Å².